The molecule has 1 fully saturated rings. The Balaban J connectivity index is 0.00000625. The first-order valence-electron chi connectivity index (χ1n) is 9.97. The smallest absolute Gasteiger partial charge is 0.531 e. The average molecular weight is 458 g/mol. The Bertz CT molecular complexity index is 400. The van der Waals surface area contributed by atoms with Gasteiger partial charge < -0.3 is 29.2 Å². The number of hydrogen-bond acceptors (Lipinski definition) is 3. The molecule has 1 atom stereocenters. The van der Waals surface area contributed by atoms with Crippen molar-refractivity contribution in [2.45, 2.75) is 90.8 Å². The van der Waals surface area contributed by atoms with Crippen LogP contribution in [0.3, 0.4) is 0 Å². The summed E-state index contributed by atoms with van der Waals surface area (Å²) in [7, 11) is -5.82. The molecule has 0 N–H and O–H groups in total. The van der Waals surface area contributed by atoms with Gasteiger partial charge in [0.15, 0.2) is 30.6 Å². The third kappa shape index (κ3) is 8.16. The molecule has 0 saturated carbocycles. The quantitative estimate of drug-likeness (QED) is 0.391. The molecule has 9 heteroatoms. The van der Waals surface area contributed by atoms with Gasteiger partial charge in [-0.15, -0.1) is 0 Å². The van der Waals surface area contributed by atoms with E-state index in [4.69, 9.17) is 12.3 Å². The van der Waals surface area contributed by atoms with Crippen LogP contribution in [0.2, 0.25) is 58.9 Å². The minimum absolute atomic E-state index is 0. The minimum Gasteiger partial charge on any atom is -1.00 e. The van der Waals surface area contributed by atoms with E-state index >= 15 is 0 Å². The average Bonchev–Trinajstić information content (AvgIpc) is 2.69. The van der Waals surface area contributed by atoms with Gasteiger partial charge in [0.1, 0.15) is 0 Å². The van der Waals surface area contributed by atoms with Gasteiger partial charge in [-0.2, -0.15) is 0 Å². The summed E-state index contributed by atoms with van der Waals surface area (Å²) in [5.74, 6) is 0. The highest BCUT2D eigenvalue weighted by Crippen LogP contribution is 2.36. The maximum atomic E-state index is 7.00. The topological polar surface area (TPSA) is 27.7 Å². The van der Waals surface area contributed by atoms with Crippen molar-refractivity contribution in [2.75, 3.05) is 20.1 Å². The van der Waals surface area contributed by atoms with Crippen LogP contribution in [0.5, 0.6) is 0 Å². The summed E-state index contributed by atoms with van der Waals surface area (Å²) in [6, 6.07) is 0. The Morgan fingerprint density at radius 1 is 0.731 bits per heavy atom. The summed E-state index contributed by atoms with van der Waals surface area (Å²) in [4.78, 5) is 0. The number of rotatable bonds is 9. The number of halogens is 1. The molecule has 0 aliphatic carbocycles. The van der Waals surface area contributed by atoms with Crippen molar-refractivity contribution < 1.29 is 29.2 Å². The largest absolute Gasteiger partial charge is 1.00 e. The molecule has 0 aromatic heterocycles. The lowest BCUT2D eigenvalue weighted by Gasteiger charge is -2.50. The molecule has 1 saturated heterocycles. The molecule has 0 aromatic rings. The molecule has 0 amide bonds. The van der Waals surface area contributed by atoms with Crippen LogP contribution >= 0.6 is 0 Å². The third-order valence-corrected chi connectivity index (χ3v) is 17.1. The van der Waals surface area contributed by atoms with E-state index in [1.165, 1.54) is 25.9 Å². The van der Waals surface area contributed by atoms with Gasteiger partial charge in [0.2, 0.25) is 0 Å². The fraction of sp³-hybridized carbons (Fsp3) is 1.00. The molecule has 4 nitrogen and oxygen atoms in total. The highest BCUT2D eigenvalue weighted by Gasteiger charge is 2.62. The summed E-state index contributed by atoms with van der Waals surface area (Å²) in [6.07, 6.45) is 3.69. The normalized spacial score (nSPS) is 20.0. The van der Waals surface area contributed by atoms with Gasteiger partial charge in [0.05, 0.1) is 20.1 Å². The third-order valence-electron chi connectivity index (χ3n) is 4.48. The Hall–Kier alpha value is 0.998. The Labute approximate surface area is 173 Å². The Morgan fingerprint density at radius 2 is 1.04 bits per heavy atom. The van der Waals surface area contributed by atoms with E-state index in [1.807, 2.05) is 0 Å². The zero-order chi connectivity index (χ0) is 19.7. The predicted molar refractivity (Wildman–Crippen MR) is 118 cm³/mol. The van der Waals surface area contributed by atoms with Gasteiger partial charge in [0.25, 0.3) is 0 Å². The van der Waals surface area contributed by atoms with E-state index in [1.54, 1.807) is 0 Å². The predicted octanol–water partition coefficient (Wildman–Crippen LogP) is 2.04. The van der Waals surface area contributed by atoms with Crippen molar-refractivity contribution in [3.63, 3.8) is 0 Å². The van der Waals surface area contributed by atoms with Crippen molar-refractivity contribution in [3.05, 3.63) is 0 Å². The number of likely N-dealkylation sites (tertiary alicyclic amines) is 1. The zero-order valence-corrected chi connectivity index (χ0v) is 23.9. The fourth-order valence-corrected chi connectivity index (χ4v) is 19.0. The van der Waals surface area contributed by atoms with E-state index in [-0.39, 0.29) is 12.4 Å². The van der Waals surface area contributed by atoms with Crippen LogP contribution in [-0.2, 0) is 12.3 Å². The van der Waals surface area contributed by atoms with Crippen LogP contribution in [0.15, 0.2) is 0 Å². The first kappa shape index (κ1) is 27.0. The monoisotopic (exact) mass is 457 g/mol. The van der Waals surface area contributed by atoms with Gasteiger partial charge in [-0.3, -0.25) is 0 Å². The Morgan fingerprint density at radius 3 is 1.27 bits per heavy atom. The van der Waals surface area contributed by atoms with Crippen molar-refractivity contribution >= 4 is 33.8 Å². The molecule has 0 aromatic carbocycles. The van der Waals surface area contributed by atoms with Crippen molar-refractivity contribution in [3.8, 4) is 0 Å². The summed E-state index contributed by atoms with van der Waals surface area (Å²) < 4.78 is 22.1. The maximum absolute atomic E-state index is 7.00. The summed E-state index contributed by atoms with van der Waals surface area (Å²) >= 11 is 0. The van der Waals surface area contributed by atoms with Crippen molar-refractivity contribution in [2.24, 2.45) is 0 Å². The number of nitrogens with zero attached hydrogens (tertiary/aromatic N) is 1. The van der Waals surface area contributed by atoms with Crippen LogP contribution in [0.25, 0.3) is 0 Å². The maximum Gasteiger partial charge on any atom is 0.531 e. The molecule has 0 spiro atoms. The fourth-order valence-electron chi connectivity index (χ4n) is 3.99. The summed E-state index contributed by atoms with van der Waals surface area (Å²) in [5, 5.41) is 0. The molecular weight excluding hydrogens is 414 g/mol. The van der Waals surface area contributed by atoms with Gasteiger partial charge >= 0.3 is 8.80 Å². The number of hydrogen-bond donors (Lipinski definition) is 0. The first-order chi connectivity index (χ1) is 11.0. The molecule has 1 aliphatic heterocycles. The standard InChI is InChI=1S/C17H44NO3Si4.ClH/c1-12-17(18(2)15-13-14-16-18)25(19-22(3,4)5,20-23(6,7)8)21-24(9,10)11;/h17H,12-16H2,1-11H3;1H/q+1;/p-1. The van der Waals surface area contributed by atoms with Crippen molar-refractivity contribution in [1.29, 1.82) is 0 Å². The molecule has 1 unspecified atom stereocenters. The molecule has 26 heavy (non-hydrogen) atoms. The van der Waals surface area contributed by atoms with Gasteiger partial charge in [-0.1, -0.05) is 6.92 Å². The first-order valence-corrected chi connectivity index (χ1v) is 22.0. The number of quaternary nitrogens is 1. The molecule has 1 aliphatic rings. The molecule has 1 rings (SSSR count). The summed E-state index contributed by atoms with van der Waals surface area (Å²) in [6.45, 7) is 25.3. The summed E-state index contributed by atoms with van der Waals surface area (Å²) in [5.41, 5.74) is 0.361. The van der Waals surface area contributed by atoms with Crippen LogP contribution < -0.4 is 12.4 Å². The molecular formula is C17H44ClNO3Si4. The Kier molecular flexibility index (Phi) is 9.56. The van der Waals surface area contributed by atoms with Gasteiger partial charge in [-0.05, 0) is 58.9 Å². The molecule has 0 bridgehead atoms. The van der Waals surface area contributed by atoms with E-state index in [0.717, 1.165) is 10.9 Å². The minimum atomic E-state index is -2.81. The van der Waals surface area contributed by atoms with Crippen LogP contribution in [-0.4, -0.2) is 64.0 Å². The highest BCUT2D eigenvalue weighted by atomic mass is 35.5. The van der Waals surface area contributed by atoms with E-state index in [0.29, 0.717) is 5.67 Å². The van der Waals surface area contributed by atoms with Crippen LogP contribution in [0, 0.1) is 0 Å². The van der Waals surface area contributed by atoms with Crippen molar-refractivity contribution in [1.82, 2.24) is 0 Å². The lowest BCUT2D eigenvalue weighted by molar-refractivity contribution is -0.913. The molecule has 158 valence electrons. The van der Waals surface area contributed by atoms with Gasteiger partial charge in [-0.25, -0.2) is 0 Å². The van der Waals surface area contributed by atoms with E-state index in [2.05, 4.69) is 72.9 Å². The van der Waals surface area contributed by atoms with Crippen LogP contribution in [0.1, 0.15) is 26.2 Å². The molecule has 1 heterocycles. The second kappa shape index (κ2) is 9.21. The SMILES string of the molecule is CCC([N+]1(C)CCCC1)[Si](O[Si](C)(C)C)(O[Si](C)(C)C)O[Si](C)(C)C.[Cl-]. The lowest BCUT2D eigenvalue weighted by Crippen LogP contribution is -3.00. The van der Waals surface area contributed by atoms with Crippen LogP contribution in [0.4, 0.5) is 0 Å². The highest BCUT2D eigenvalue weighted by molar-refractivity contribution is 6.90. The second-order valence-electron chi connectivity index (χ2n) is 10.8. The van der Waals surface area contributed by atoms with E-state index < -0.39 is 33.8 Å². The zero-order valence-electron chi connectivity index (χ0n) is 19.2. The van der Waals surface area contributed by atoms with E-state index in [9.17, 15) is 0 Å². The second-order valence-corrected chi connectivity index (χ2v) is 27.8. The molecule has 0 radical (unpaired) electrons. The van der Waals surface area contributed by atoms with Gasteiger partial charge in [0, 0.05) is 19.3 Å². The lowest BCUT2D eigenvalue weighted by atomic mass is 10.3.